The SMILES string of the molecule is O=C(c1csc(CSc2nnc(-c3ccco3)n2-c2ccccc2Cl)n1)N1CCN(c2cccc(Cl)c2)CC1. The highest BCUT2D eigenvalue weighted by Gasteiger charge is 2.25. The molecule has 0 radical (unpaired) electrons. The van der Waals surface area contributed by atoms with Crippen molar-refractivity contribution in [3.05, 3.63) is 93.1 Å². The fourth-order valence-corrected chi connectivity index (χ4v) is 6.52. The Labute approximate surface area is 243 Å². The van der Waals surface area contributed by atoms with Gasteiger partial charge in [0.15, 0.2) is 10.9 Å². The van der Waals surface area contributed by atoms with Gasteiger partial charge in [-0.1, -0.05) is 53.2 Å². The molecule has 3 aromatic heterocycles. The molecule has 39 heavy (non-hydrogen) atoms. The number of halogens is 2. The number of rotatable bonds is 7. The van der Waals surface area contributed by atoms with Crippen molar-refractivity contribution in [2.45, 2.75) is 10.9 Å². The van der Waals surface area contributed by atoms with Crippen LogP contribution < -0.4 is 4.90 Å². The molecule has 1 amide bonds. The van der Waals surface area contributed by atoms with E-state index in [0.29, 0.717) is 51.3 Å². The molecule has 1 aliphatic heterocycles. The van der Waals surface area contributed by atoms with Gasteiger partial charge in [0, 0.05) is 42.3 Å². The van der Waals surface area contributed by atoms with Gasteiger partial charge in [-0.2, -0.15) is 0 Å². The maximum atomic E-state index is 13.2. The number of thioether (sulfide) groups is 1. The Morgan fingerprint density at radius 2 is 1.85 bits per heavy atom. The molecule has 0 aliphatic carbocycles. The molecule has 1 aliphatic rings. The maximum absolute atomic E-state index is 13.2. The Bertz CT molecular complexity index is 1600. The summed E-state index contributed by atoms with van der Waals surface area (Å²) in [6, 6.07) is 19.0. The average molecular weight is 598 g/mol. The summed E-state index contributed by atoms with van der Waals surface area (Å²) < 4.78 is 7.46. The van der Waals surface area contributed by atoms with Crippen molar-refractivity contribution in [1.82, 2.24) is 24.6 Å². The Hall–Kier alpha value is -3.31. The maximum Gasteiger partial charge on any atom is 0.273 e. The highest BCUT2D eigenvalue weighted by atomic mass is 35.5. The van der Waals surface area contributed by atoms with E-state index in [1.165, 1.54) is 23.1 Å². The minimum absolute atomic E-state index is 0.0485. The zero-order valence-electron chi connectivity index (χ0n) is 20.5. The molecule has 5 aromatic rings. The van der Waals surface area contributed by atoms with Crippen molar-refractivity contribution < 1.29 is 9.21 Å². The van der Waals surface area contributed by atoms with Crippen LogP contribution in [0.4, 0.5) is 5.69 Å². The molecule has 0 unspecified atom stereocenters. The number of hydrogen-bond acceptors (Lipinski definition) is 8. The van der Waals surface area contributed by atoms with Gasteiger partial charge >= 0.3 is 0 Å². The number of nitrogens with zero attached hydrogens (tertiary/aromatic N) is 6. The number of carbonyl (C=O) groups is 1. The monoisotopic (exact) mass is 596 g/mol. The Balaban J connectivity index is 1.13. The molecule has 0 atom stereocenters. The molecule has 12 heteroatoms. The molecule has 1 saturated heterocycles. The summed E-state index contributed by atoms with van der Waals surface area (Å²) in [4.78, 5) is 21.9. The smallest absolute Gasteiger partial charge is 0.273 e. The fourth-order valence-electron chi connectivity index (χ4n) is 4.38. The summed E-state index contributed by atoms with van der Waals surface area (Å²) in [7, 11) is 0. The molecule has 0 bridgehead atoms. The van der Waals surface area contributed by atoms with Crippen LogP contribution in [0.15, 0.2) is 81.9 Å². The molecule has 0 N–H and O–H groups in total. The summed E-state index contributed by atoms with van der Waals surface area (Å²) in [6.07, 6.45) is 1.60. The first kappa shape index (κ1) is 25.9. The second-order valence-electron chi connectivity index (χ2n) is 8.74. The van der Waals surface area contributed by atoms with Crippen LogP contribution in [-0.2, 0) is 5.75 Å². The molecular weight excluding hydrogens is 575 g/mol. The minimum Gasteiger partial charge on any atom is -0.461 e. The molecule has 1 fully saturated rings. The fraction of sp³-hybridized carbons (Fsp3) is 0.185. The number of carbonyl (C=O) groups excluding carboxylic acids is 1. The van der Waals surface area contributed by atoms with Gasteiger partial charge in [0.2, 0.25) is 5.82 Å². The van der Waals surface area contributed by atoms with E-state index < -0.39 is 0 Å². The molecule has 198 valence electrons. The Kier molecular flexibility index (Phi) is 7.60. The summed E-state index contributed by atoms with van der Waals surface area (Å²) in [5.74, 6) is 1.63. The third kappa shape index (κ3) is 5.56. The number of piperazine rings is 1. The molecule has 2 aromatic carbocycles. The van der Waals surface area contributed by atoms with Crippen molar-refractivity contribution in [3.63, 3.8) is 0 Å². The lowest BCUT2D eigenvalue weighted by atomic mass is 10.2. The number of amides is 1. The van der Waals surface area contributed by atoms with Crippen LogP contribution in [0.2, 0.25) is 10.0 Å². The summed E-state index contributed by atoms with van der Waals surface area (Å²) >= 11 is 15.6. The number of para-hydroxylation sites is 1. The van der Waals surface area contributed by atoms with Gasteiger partial charge in [0.05, 0.1) is 22.7 Å². The first-order chi connectivity index (χ1) is 19.1. The largest absolute Gasteiger partial charge is 0.461 e. The van der Waals surface area contributed by atoms with Crippen LogP contribution in [0.1, 0.15) is 15.5 Å². The van der Waals surface area contributed by atoms with E-state index in [2.05, 4.69) is 20.1 Å². The van der Waals surface area contributed by atoms with Gasteiger partial charge < -0.3 is 14.2 Å². The topological polar surface area (TPSA) is 80.3 Å². The second-order valence-corrected chi connectivity index (χ2v) is 11.5. The number of furan rings is 1. The zero-order chi connectivity index (χ0) is 26.8. The van der Waals surface area contributed by atoms with Gasteiger partial charge in [-0.15, -0.1) is 21.5 Å². The lowest BCUT2D eigenvalue weighted by molar-refractivity contribution is 0.0741. The third-order valence-corrected chi connectivity index (χ3v) is 8.83. The van der Waals surface area contributed by atoms with Crippen LogP contribution in [-0.4, -0.2) is 56.7 Å². The first-order valence-corrected chi connectivity index (χ1v) is 14.8. The van der Waals surface area contributed by atoms with Crippen LogP contribution in [0.25, 0.3) is 17.3 Å². The normalized spacial score (nSPS) is 13.7. The molecule has 0 saturated carbocycles. The van der Waals surface area contributed by atoms with Crippen LogP contribution in [0.5, 0.6) is 0 Å². The molecular formula is C27H22Cl2N6O2S2. The lowest BCUT2D eigenvalue weighted by Crippen LogP contribution is -2.48. The predicted molar refractivity (Wildman–Crippen MR) is 155 cm³/mol. The van der Waals surface area contributed by atoms with E-state index in [-0.39, 0.29) is 5.91 Å². The Morgan fingerprint density at radius 3 is 2.62 bits per heavy atom. The number of thiazole rings is 1. The van der Waals surface area contributed by atoms with Gasteiger partial charge in [-0.3, -0.25) is 9.36 Å². The van der Waals surface area contributed by atoms with Crippen LogP contribution in [0.3, 0.4) is 0 Å². The van der Waals surface area contributed by atoms with E-state index >= 15 is 0 Å². The van der Waals surface area contributed by atoms with E-state index in [4.69, 9.17) is 27.6 Å². The highest BCUT2D eigenvalue weighted by molar-refractivity contribution is 7.98. The third-order valence-electron chi connectivity index (χ3n) is 6.30. The molecule has 0 spiro atoms. The Morgan fingerprint density at radius 1 is 1.00 bits per heavy atom. The summed E-state index contributed by atoms with van der Waals surface area (Å²) in [5, 5.41) is 13.4. The average Bonchev–Trinajstić information content (AvgIpc) is 3.73. The summed E-state index contributed by atoms with van der Waals surface area (Å²) in [6.45, 7) is 2.75. The zero-order valence-corrected chi connectivity index (χ0v) is 23.7. The molecule has 8 nitrogen and oxygen atoms in total. The standard InChI is InChI=1S/C27H22Cl2N6O2S2/c28-18-5-3-6-19(15-18)33-10-12-34(13-11-33)26(36)21-16-38-24(30-21)17-39-27-32-31-25(23-9-4-14-37-23)35(27)22-8-2-1-7-20(22)29/h1-9,14-16H,10-13,17H2. The number of benzene rings is 2. The van der Waals surface area contributed by atoms with Crippen molar-refractivity contribution in [3.8, 4) is 17.3 Å². The van der Waals surface area contributed by atoms with E-state index in [1.54, 1.807) is 12.3 Å². The number of aromatic nitrogens is 4. The lowest BCUT2D eigenvalue weighted by Gasteiger charge is -2.35. The van der Waals surface area contributed by atoms with E-state index in [9.17, 15) is 4.79 Å². The second kappa shape index (κ2) is 11.4. The van der Waals surface area contributed by atoms with Crippen molar-refractivity contribution in [1.29, 1.82) is 0 Å². The van der Waals surface area contributed by atoms with Crippen LogP contribution >= 0.6 is 46.3 Å². The van der Waals surface area contributed by atoms with E-state index in [0.717, 1.165) is 29.5 Å². The predicted octanol–water partition coefficient (Wildman–Crippen LogP) is 6.55. The highest BCUT2D eigenvalue weighted by Crippen LogP contribution is 2.33. The van der Waals surface area contributed by atoms with Gasteiger partial charge in [-0.05, 0) is 42.5 Å². The van der Waals surface area contributed by atoms with Crippen molar-refractivity contribution in [2.24, 2.45) is 0 Å². The molecule has 6 rings (SSSR count). The van der Waals surface area contributed by atoms with E-state index in [1.807, 2.05) is 69.4 Å². The summed E-state index contributed by atoms with van der Waals surface area (Å²) in [5.41, 5.74) is 2.29. The van der Waals surface area contributed by atoms with Gasteiger partial charge in [-0.25, -0.2) is 4.98 Å². The molecule has 4 heterocycles. The number of anilines is 1. The van der Waals surface area contributed by atoms with Gasteiger partial charge in [0.25, 0.3) is 5.91 Å². The van der Waals surface area contributed by atoms with Crippen LogP contribution in [0, 0.1) is 0 Å². The minimum atomic E-state index is -0.0485. The number of hydrogen-bond donors (Lipinski definition) is 0. The van der Waals surface area contributed by atoms with Crippen molar-refractivity contribution in [2.75, 3.05) is 31.1 Å². The quantitative estimate of drug-likeness (QED) is 0.197. The van der Waals surface area contributed by atoms with Crippen molar-refractivity contribution >= 4 is 57.9 Å². The first-order valence-electron chi connectivity index (χ1n) is 12.2. The van der Waals surface area contributed by atoms with Gasteiger partial charge in [0.1, 0.15) is 10.7 Å².